The zero-order valence-corrected chi connectivity index (χ0v) is 15.3. The summed E-state index contributed by atoms with van der Waals surface area (Å²) in [6.45, 7) is 7.12. The average Bonchev–Trinajstić information content (AvgIpc) is 2.58. The highest BCUT2D eigenvalue weighted by molar-refractivity contribution is 7.93. The van der Waals surface area contributed by atoms with Crippen molar-refractivity contribution in [1.82, 2.24) is 0 Å². The van der Waals surface area contributed by atoms with Crippen molar-refractivity contribution < 1.29 is 13.5 Å². The number of hydrogen-bond donors (Lipinski definition) is 1. The first-order chi connectivity index (χ1) is 11.1. The summed E-state index contributed by atoms with van der Waals surface area (Å²) in [5.74, 6) is -0.381. The first kappa shape index (κ1) is 17.2. The molecule has 0 aliphatic carbocycles. The van der Waals surface area contributed by atoms with Crippen LogP contribution in [0.25, 0.3) is 0 Å². The van der Waals surface area contributed by atoms with E-state index in [2.05, 4.69) is 0 Å². The molecular weight excluding hydrogens is 320 g/mol. The van der Waals surface area contributed by atoms with Crippen LogP contribution >= 0.6 is 0 Å². The van der Waals surface area contributed by atoms with Gasteiger partial charge in [-0.25, -0.2) is 8.42 Å². The van der Waals surface area contributed by atoms with Crippen LogP contribution in [0.2, 0.25) is 0 Å². The van der Waals surface area contributed by atoms with Crippen LogP contribution < -0.4 is 0 Å². The molecule has 2 aromatic rings. The number of aliphatic hydroxyl groups is 1. The molecule has 0 aromatic heterocycles. The van der Waals surface area contributed by atoms with E-state index in [-0.39, 0.29) is 5.92 Å². The molecule has 4 heteroatoms. The fourth-order valence-corrected chi connectivity index (χ4v) is 5.69. The molecule has 3 nitrogen and oxygen atoms in total. The van der Waals surface area contributed by atoms with Gasteiger partial charge in [-0.05, 0) is 31.0 Å². The van der Waals surface area contributed by atoms with Gasteiger partial charge in [-0.3, -0.25) is 0 Å². The van der Waals surface area contributed by atoms with Crippen LogP contribution in [0.4, 0.5) is 0 Å². The van der Waals surface area contributed by atoms with E-state index < -0.39 is 26.1 Å². The van der Waals surface area contributed by atoms with E-state index in [9.17, 15) is 13.5 Å². The molecule has 0 saturated carbocycles. The fraction of sp³-hybridized carbons (Fsp3) is 0.400. The van der Waals surface area contributed by atoms with Gasteiger partial charge in [0.15, 0.2) is 9.84 Å². The monoisotopic (exact) mass is 344 g/mol. The lowest BCUT2D eigenvalue weighted by atomic mass is 9.68. The Kier molecular flexibility index (Phi) is 3.89. The van der Waals surface area contributed by atoms with Crippen LogP contribution in [0.1, 0.15) is 44.7 Å². The summed E-state index contributed by atoms with van der Waals surface area (Å²) >= 11 is 0. The minimum Gasteiger partial charge on any atom is -0.392 e. The second-order valence-electron chi connectivity index (χ2n) is 7.61. The van der Waals surface area contributed by atoms with Gasteiger partial charge in [0.25, 0.3) is 0 Å². The van der Waals surface area contributed by atoms with E-state index >= 15 is 0 Å². The first-order valence-corrected chi connectivity index (χ1v) is 9.67. The highest BCUT2D eigenvalue weighted by Crippen LogP contribution is 2.52. The summed E-state index contributed by atoms with van der Waals surface area (Å²) in [5.41, 5.74) is 0.777. The molecule has 2 aromatic carbocycles. The molecule has 0 saturated heterocycles. The second kappa shape index (κ2) is 5.43. The lowest BCUT2D eigenvalue weighted by Gasteiger charge is -2.44. The molecule has 1 N–H and O–H groups in total. The van der Waals surface area contributed by atoms with Crippen LogP contribution in [0.5, 0.6) is 0 Å². The quantitative estimate of drug-likeness (QED) is 0.857. The van der Waals surface area contributed by atoms with Crippen LogP contribution in [-0.4, -0.2) is 24.4 Å². The van der Waals surface area contributed by atoms with Crippen LogP contribution in [-0.2, 0) is 9.84 Å². The Balaban J connectivity index is 2.40. The first-order valence-electron chi connectivity index (χ1n) is 8.19. The lowest BCUT2D eigenvalue weighted by Crippen LogP contribution is -2.52. The SMILES string of the molecule is CC1(C)[C@@H](O)[C@@H](c2ccccc2)c2ccccc2S(=O)(=O)C1(C)C. The molecule has 24 heavy (non-hydrogen) atoms. The van der Waals surface area contributed by atoms with Gasteiger partial charge in [-0.1, -0.05) is 62.4 Å². The summed E-state index contributed by atoms with van der Waals surface area (Å²) in [5, 5.41) is 11.3. The largest absolute Gasteiger partial charge is 0.392 e. The van der Waals surface area contributed by atoms with E-state index in [1.807, 2.05) is 56.3 Å². The van der Waals surface area contributed by atoms with E-state index in [1.54, 1.807) is 26.0 Å². The number of benzene rings is 2. The Labute approximate surface area is 144 Å². The fourth-order valence-electron chi connectivity index (χ4n) is 3.57. The molecular formula is C20H24O3S. The summed E-state index contributed by atoms with van der Waals surface area (Å²) in [6.07, 6.45) is -0.826. The maximum Gasteiger partial charge on any atom is 0.184 e. The molecule has 128 valence electrons. The van der Waals surface area contributed by atoms with Crippen LogP contribution in [0, 0.1) is 5.41 Å². The number of fused-ring (bicyclic) bond motifs is 1. The Morgan fingerprint density at radius 3 is 2.04 bits per heavy atom. The Hall–Kier alpha value is -1.65. The predicted octanol–water partition coefficient (Wildman–Crippen LogP) is 3.77. The summed E-state index contributed by atoms with van der Waals surface area (Å²) in [6, 6.07) is 16.7. The maximum absolute atomic E-state index is 13.4. The standard InChI is InChI=1S/C20H24O3S/c1-19(2)18(21)17(14-10-6-5-7-11-14)15-12-8-9-13-16(15)24(22,23)20(19,3)4/h5-13,17-18,21H,1-4H3/t17-,18-/m0/s1. The topological polar surface area (TPSA) is 54.4 Å². The third kappa shape index (κ3) is 2.16. The Morgan fingerprint density at radius 2 is 1.42 bits per heavy atom. The molecule has 1 heterocycles. The highest BCUT2D eigenvalue weighted by atomic mass is 32.2. The van der Waals surface area contributed by atoms with Gasteiger partial charge in [0.05, 0.1) is 15.7 Å². The maximum atomic E-state index is 13.4. The van der Waals surface area contributed by atoms with Gasteiger partial charge in [-0.2, -0.15) is 0 Å². The third-order valence-electron chi connectivity index (χ3n) is 5.98. The van der Waals surface area contributed by atoms with Crippen molar-refractivity contribution in [2.75, 3.05) is 0 Å². The number of sulfone groups is 1. The van der Waals surface area contributed by atoms with E-state index in [1.165, 1.54) is 0 Å². The average molecular weight is 344 g/mol. The van der Waals surface area contributed by atoms with Crippen LogP contribution in [0.3, 0.4) is 0 Å². The minimum atomic E-state index is -3.60. The predicted molar refractivity (Wildman–Crippen MR) is 95.8 cm³/mol. The van der Waals surface area contributed by atoms with Gasteiger partial charge >= 0.3 is 0 Å². The van der Waals surface area contributed by atoms with Crippen LogP contribution in [0.15, 0.2) is 59.5 Å². The Morgan fingerprint density at radius 1 is 0.875 bits per heavy atom. The third-order valence-corrected chi connectivity index (χ3v) is 8.80. The molecule has 0 bridgehead atoms. The Bertz CT molecular complexity index is 851. The molecule has 2 atom stereocenters. The van der Waals surface area contributed by atoms with Gasteiger partial charge in [-0.15, -0.1) is 0 Å². The van der Waals surface area contributed by atoms with Gasteiger partial charge in [0.1, 0.15) is 0 Å². The van der Waals surface area contributed by atoms with Crippen molar-refractivity contribution in [3.05, 3.63) is 65.7 Å². The van der Waals surface area contributed by atoms with Gasteiger partial charge in [0.2, 0.25) is 0 Å². The van der Waals surface area contributed by atoms with Crippen molar-refractivity contribution in [3.63, 3.8) is 0 Å². The highest BCUT2D eigenvalue weighted by Gasteiger charge is 2.57. The second-order valence-corrected chi connectivity index (χ2v) is 10.1. The number of rotatable bonds is 1. The summed E-state index contributed by atoms with van der Waals surface area (Å²) in [7, 11) is -3.60. The van der Waals surface area contributed by atoms with Crippen molar-refractivity contribution in [2.24, 2.45) is 5.41 Å². The van der Waals surface area contributed by atoms with E-state index in [0.29, 0.717) is 10.5 Å². The molecule has 1 aliphatic heterocycles. The van der Waals surface area contributed by atoms with Gasteiger partial charge in [0, 0.05) is 11.3 Å². The molecule has 0 radical (unpaired) electrons. The molecule has 0 spiro atoms. The normalized spacial score (nSPS) is 27.0. The van der Waals surface area contributed by atoms with E-state index in [4.69, 9.17) is 0 Å². The summed E-state index contributed by atoms with van der Waals surface area (Å²) in [4.78, 5) is 0.327. The number of aliphatic hydroxyl groups excluding tert-OH is 1. The summed E-state index contributed by atoms with van der Waals surface area (Å²) < 4.78 is 25.6. The number of hydrogen-bond acceptors (Lipinski definition) is 3. The molecule has 0 fully saturated rings. The smallest absolute Gasteiger partial charge is 0.184 e. The molecule has 0 amide bonds. The molecule has 1 aliphatic rings. The molecule has 0 unspecified atom stereocenters. The molecule has 3 rings (SSSR count). The van der Waals surface area contributed by atoms with Crippen molar-refractivity contribution >= 4 is 9.84 Å². The zero-order valence-electron chi connectivity index (χ0n) is 14.5. The lowest BCUT2D eigenvalue weighted by molar-refractivity contribution is 0.0166. The zero-order chi connectivity index (χ0) is 17.8. The van der Waals surface area contributed by atoms with E-state index in [0.717, 1.165) is 5.56 Å². The van der Waals surface area contributed by atoms with Crippen molar-refractivity contribution in [1.29, 1.82) is 0 Å². The van der Waals surface area contributed by atoms with Crippen molar-refractivity contribution in [3.8, 4) is 0 Å². The van der Waals surface area contributed by atoms with Crippen molar-refractivity contribution in [2.45, 2.75) is 49.4 Å². The van der Waals surface area contributed by atoms with Gasteiger partial charge < -0.3 is 5.11 Å². The minimum absolute atomic E-state index is 0.327.